The SMILES string of the molecule is COc1cccc2sc(N(Cc3cccnc3)C(=O)c3ccn(C)n3)nc12. The molecule has 136 valence electrons. The Bertz CT molecular complexity index is 1090. The van der Waals surface area contributed by atoms with Crippen LogP contribution in [0.5, 0.6) is 5.75 Å². The van der Waals surface area contributed by atoms with Crippen LogP contribution in [0.2, 0.25) is 0 Å². The van der Waals surface area contributed by atoms with Crippen molar-refractivity contribution in [3.63, 3.8) is 0 Å². The Kier molecular flexibility index (Phi) is 4.55. The fraction of sp³-hybridized carbons (Fsp3) is 0.158. The molecule has 0 aliphatic heterocycles. The van der Waals surface area contributed by atoms with Gasteiger partial charge in [0, 0.05) is 25.6 Å². The summed E-state index contributed by atoms with van der Waals surface area (Å²) in [5.74, 6) is 0.471. The molecule has 4 aromatic rings. The second-order valence-corrected chi connectivity index (χ2v) is 6.94. The summed E-state index contributed by atoms with van der Waals surface area (Å²) in [4.78, 5) is 23.6. The maximum Gasteiger partial charge on any atom is 0.280 e. The third kappa shape index (κ3) is 3.39. The number of benzene rings is 1. The summed E-state index contributed by atoms with van der Waals surface area (Å²) >= 11 is 1.44. The largest absolute Gasteiger partial charge is 0.494 e. The van der Waals surface area contributed by atoms with E-state index in [1.165, 1.54) is 11.3 Å². The summed E-state index contributed by atoms with van der Waals surface area (Å²) in [7, 11) is 3.39. The average Bonchev–Trinajstić information content (AvgIpc) is 3.32. The van der Waals surface area contributed by atoms with E-state index in [2.05, 4.69) is 15.1 Å². The molecule has 27 heavy (non-hydrogen) atoms. The van der Waals surface area contributed by atoms with Crippen LogP contribution in [0.15, 0.2) is 55.0 Å². The van der Waals surface area contributed by atoms with E-state index in [1.807, 2.05) is 30.3 Å². The predicted molar refractivity (Wildman–Crippen MR) is 104 cm³/mol. The number of para-hydroxylation sites is 1. The quantitative estimate of drug-likeness (QED) is 0.532. The highest BCUT2D eigenvalue weighted by Gasteiger charge is 2.24. The molecule has 3 aromatic heterocycles. The van der Waals surface area contributed by atoms with Gasteiger partial charge in [-0.05, 0) is 29.8 Å². The molecule has 0 atom stereocenters. The molecule has 8 heteroatoms. The Balaban J connectivity index is 1.78. The lowest BCUT2D eigenvalue weighted by Crippen LogP contribution is -2.30. The van der Waals surface area contributed by atoms with Crippen molar-refractivity contribution in [1.82, 2.24) is 19.7 Å². The Morgan fingerprint density at radius 2 is 2.15 bits per heavy atom. The van der Waals surface area contributed by atoms with E-state index in [-0.39, 0.29) is 5.91 Å². The summed E-state index contributed by atoms with van der Waals surface area (Å²) < 4.78 is 7.96. The monoisotopic (exact) mass is 379 g/mol. The van der Waals surface area contributed by atoms with Gasteiger partial charge in [0.25, 0.3) is 5.91 Å². The molecule has 1 amide bonds. The molecule has 0 fully saturated rings. The van der Waals surface area contributed by atoms with Gasteiger partial charge in [-0.1, -0.05) is 23.5 Å². The van der Waals surface area contributed by atoms with Crippen LogP contribution >= 0.6 is 11.3 Å². The van der Waals surface area contributed by atoms with Crippen molar-refractivity contribution in [2.24, 2.45) is 7.05 Å². The van der Waals surface area contributed by atoms with Gasteiger partial charge in [0.05, 0.1) is 18.4 Å². The van der Waals surface area contributed by atoms with Gasteiger partial charge in [-0.3, -0.25) is 19.4 Å². The number of carbonyl (C=O) groups is 1. The average molecular weight is 379 g/mol. The Hall–Kier alpha value is -3.26. The molecular formula is C19H17N5O2S. The fourth-order valence-electron chi connectivity index (χ4n) is 2.76. The van der Waals surface area contributed by atoms with Crippen molar-refractivity contribution in [2.75, 3.05) is 12.0 Å². The van der Waals surface area contributed by atoms with Gasteiger partial charge in [0.15, 0.2) is 10.8 Å². The minimum absolute atomic E-state index is 0.211. The zero-order valence-electron chi connectivity index (χ0n) is 14.9. The molecule has 0 N–H and O–H groups in total. The predicted octanol–water partition coefficient (Wildman–Crippen LogP) is 3.28. The van der Waals surface area contributed by atoms with Gasteiger partial charge in [-0.25, -0.2) is 4.98 Å². The highest BCUT2D eigenvalue weighted by Crippen LogP contribution is 2.35. The molecule has 0 aliphatic rings. The zero-order chi connectivity index (χ0) is 18.8. The summed E-state index contributed by atoms with van der Waals surface area (Å²) in [6.07, 6.45) is 5.19. The summed E-state index contributed by atoms with van der Waals surface area (Å²) in [6, 6.07) is 11.2. The van der Waals surface area contributed by atoms with Crippen LogP contribution < -0.4 is 9.64 Å². The maximum atomic E-state index is 13.2. The number of methoxy groups -OCH3 is 1. The Morgan fingerprint density at radius 1 is 1.26 bits per heavy atom. The van der Waals surface area contributed by atoms with Gasteiger partial charge >= 0.3 is 0 Å². The third-order valence-corrected chi connectivity index (χ3v) is 5.11. The van der Waals surface area contributed by atoms with Crippen molar-refractivity contribution in [3.05, 3.63) is 66.2 Å². The molecule has 0 aliphatic carbocycles. The zero-order valence-corrected chi connectivity index (χ0v) is 15.7. The standard InChI is InChI=1S/C19H17N5O2S/c1-23-10-8-14(22-23)18(25)24(12-13-5-4-9-20-11-13)19-21-17-15(26-2)6-3-7-16(17)27-19/h3-11H,12H2,1-2H3. The van der Waals surface area contributed by atoms with Crippen molar-refractivity contribution in [1.29, 1.82) is 0 Å². The van der Waals surface area contributed by atoms with Crippen molar-refractivity contribution < 1.29 is 9.53 Å². The van der Waals surface area contributed by atoms with E-state index in [4.69, 9.17) is 4.74 Å². The molecule has 0 bridgehead atoms. The lowest BCUT2D eigenvalue weighted by atomic mass is 10.2. The number of aromatic nitrogens is 4. The Morgan fingerprint density at radius 3 is 2.85 bits per heavy atom. The van der Waals surface area contributed by atoms with Crippen LogP contribution in [0.1, 0.15) is 16.1 Å². The number of amides is 1. The van der Waals surface area contributed by atoms with Crippen molar-refractivity contribution >= 4 is 32.6 Å². The van der Waals surface area contributed by atoms with E-state index in [0.717, 1.165) is 15.8 Å². The number of aryl methyl sites for hydroxylation is 1. The number of rotatable bonds is 5. The lowest BCUT2D eigenvalue weighted by Gasteiger charge is -2.18. The second kappa shape index (κ2) is 7.16. The van der Waals surface area contributed by atoms with Crippen LogP contribution in [0, 0.1) is 0 Å². The van der Waals surface area contributed by atoms with Crippen molar-refractivity contribution in [3.8, 4) is 5.75 Å². The van der Waals surface area contributed by atoms with Gasteiger partial charge in [-0.2, -0.15) is 5.10 Å². The fourth-order valence-corrected chi connectivity index (χ4v) is 3.74. The first-order valence-electron chi connectivity index (χ1n) is 8.29. The second-order valence-electron chi connectivity index (χ2n) is 5.93. The topological polar surface area (TPSA) is 73.1 Å². The number of hydrogen-bond donors (Lipinski definition) is 0. The van der Waals surface area contributed by atoms with E-state index < -0.39 is 0 Å². The third-order valence-electron chi connectivity index (χ3n) is 4.06. The molecule has 4 rings (SSSR count). The smallest absolute Gasteiger partial charge is 0.280 e. The summed E-state index contributed by atoms with van der Waals surface area (Å²) in [5, 5.41) is 4.84. The van der Waals surface area contributed by atoms with E-state index >= 15 is 0 Å². The number of fused-ring (bicyclic) bond motifs is 1. The van der Waals surface area contributed by atoms with Gasteiger partial charge in [0.2, 0.25) is 0 Å². The molecule has 0 spiro atoms. The van der Waals surface area contributed by atoms with Crippen LogP contribution in [0.25, 0.3) is 10.2 Å². The van der Waals surface area contributed by atoms with E-state index in [1.54, 1.807) is 48.4 Å². The first kappa shape index (κ1) is 17.2. The van der Waals surface area contributed by atoms with Gasteiger partial charge < -0.3 is 4.74 Å². The summed E-state index contributed by atoms with van der Waals surface area (Å²) in [5.41, 5.74) is 2.02. The molecule has 1 aromatic carbocycles. The molecule has 7 nitrogen and oxygen atoms in total. The molecule has 0 radical (unpaired) electrons. The van der Waals surface area contributed by atoms with E-state index in [0.29, 0.717) is 23.1 Å². The lowest BCUT2D eigenvalue weighted by molar-refractivity contribution is 0.0979. The van der Waals surface area contributed by atoms with E-state index in [9.17, 15) is 4.79 Å². The first-order valence-corrected chi connectivity index (χ1v) is 9.11. The minimum atomic E-state index is -0.211. The first-order chi connectivity index (χ1) is 13.2. The van der Waals surface area contributed by atoms with Crippen LogP contribution in [-0.4, -0.2) is 32.8 Å². The normalized spacial score (nSPS) is 10.9. The highest BCUT2D eigenvalue weighted by atomic mass is 32.1. The van der Waals surface area contributed by atoms with Gasteiger partial charge in [0.1, 0.15) is 11.3 Å². The number of pyridine rings is 1. The van der Waals surface area contributed by atoms with Crippen molar-refractivity contribution in [2.45, 2.75) is 6.54 Å². The Labute approximate surface area is 159 Å². The highest BCUT2D eigenvalue weighted by molar-refractivity contribution is 7.22. The molecule has 0 saturated carbocycles. The number of nitrogens with zero attached hydrogens (tertiary/aromatic N) is 5. The number of ether oxygens (including phenoxy) is 1. The number of hydrogen-bond acceptors (Lipinski definition) is 6. The number of anilines is 1. The molecule has 0 unspecified atom stereocenters. The molecular weight excluding hydrogens is 362 g/mol. The molecule has 0 saturated heterocycles. The number of carbonyl (C=O) groups excluding carboxylic acids is 1. The molecule has 3 heterocycles. The summed E-state index contributed by atoms with van der Waals surface area (Å²) in [6.45, 7) is 0.353. The minimum Gasteiger partial charge on any atom is -0.494 e. The van der Waals surface area contributed by atoms with Crippen LogP contribution in [0.3, 0.4) is 0 Å². The number of thiazole rings is 1. The van der Waals surface area contributed by atoms with Crippen LogP contribution in [0.4, 0.5) is 5.13 Å². The maximum absolute atomic E-state index is 13.2. The van der Waals surface area contributed by atoms with Gasteiger partial charge in [-0.15, -0.1) is 0 Å². The van der Waals surface area contributed by atoms with Crippen LogP contribution in [-0.2, 0) is 13.6 Å².